The molecule has 0 aromatic carbocycles. The van der Waals surface area contributed by atoms with Gasteiger partial charge < -0.3 is 50.3 Å². The van der Waals surface area contributed by atoms with Gasteiger partial charge in [0.2, 0.25) is 11.7 Å². The van der Waals surface area contributed by atoms with Gasteiger partial charge in [-0.25, -0.2) is 4.57 Å². The third kappa shape index (κ3) is 5.53. The Hall–Kier alpha value is -2.23. The molecule has 8 N–H and O–H groups in total. The lowest BCUT2D eigenvalue weighted by molar-refractivity contribution is -0.745. The number of aliphatic carboxylic acids is 1. The van der Waals surface area contributed by atoms with Gasteiger partial charge in [-0.1, -0.05) is 4.98 Å². The number of nitrogens with one attached hydrogen (secondary N) is 1. The number of phosphoric acid groups is 1. The number of nitrogens with zero attached hydrogens (tertiary/aromatic N) is 3. The molecule has 16 heteroatoms. The van der Waals surface area contributed by atoms with Crippen molar-refractivity contribution in [2.75, 3.05) is 18.9 Å². The van der Waals surface area contributed by atoms with E-state index < -0.39 is 51.0 Å². The summed E-state index contributed by atoms with van der Waals surface area (Å²) in [6, 6.07) is -0.615. The Kier molecular flexibility index (Phi) is 7.18. The van der Waals surface area contributed by atoms with E-state index in [-0.39, 0.29) is 25.3 Å². The highest BCUT2D eigenvalue weighted by Crippen LogP contribution is 2.40. The first-order valence-electron chi connectivity index (χ1n) is 9.22. The molecule has 0 aliphatic carbocycles. The molecule has 0 radical (unpaired) electrons. The topological polar surface area (TPSA) is 248 Å². The van der Waals surface area contributed by atoms with Gasteiger partial charge in [-0.3, -0.25) is 9.55 Å². The average Bonchev–Trinajstić information content (AvgIpc) is 3.26. The molecule has 1 aliphatic heterocycles. The number of hydrogen-bond donors (Lipinski definition) is 5. The second-order valence-electron chi connectivity index (χ2n) is 7.00. The van der Waals surface area contributed by atoms with E-state index in [2.05, 4.69) is 25.2 Å². The molecule has 31 heavy (non-hydrogen) atoms. The Bertz CT molecular complexity index is 974. The Labute approximate surface area is 175 Å². The van der Waals surface area contributed by atoms with Gasteiger partial charge in [-0.2, -0.15) is 4.98 Å². The zero-order valence-corrected chi connectivity index (χ0v) is 17.1. The number of carboxylic acids is 1. The van der Waals surface area contributed by atoms with Crippen LogP contribution in [0.15, 0.2) is 12.7 Å². The Morgan fingerprint density at radius 1 is 1.42 bits per heavy atom. The summed E-state index contributed by atoms with van der Waals surface area (Å²) in [4.78, 5) is 33.1. The quantitative estimate of drug-likeness (QED) is 0.165. The average molecular weight is 462 g/mol. The number of aliphatic hydroxyl groups is 2. The lowest BCUT2D eigenvalue weighted by Gasteiger charge is -2.25. The van der Waals surface area contributed by atoms with Crippen molar-refractivity contribution in [3.63, 3.8) is 0 Å². The third-order valence-electron chi connectivity index (χ3n) is 4.68. The fraction of sp³-hybridized carbons (Fsp3) is 0.600. The molecule has 0 amide bonds. The van der Waals surface area contributed by atoms with Crippen LogP contribution in [0, 0.1) is 0 Å². The van der Waals surface area contributed by atoms with E-state index in [1.165, 1.54) is 17.2 Å². The van der Waals surface area contributed by atoms with E-state index >= 15 is 0 Å². The Morgan fingerprint density at radius 3 is 2.87 bits per heavy atom. The number of fused-ring (bicyclic) bond motifs is 1. The van der Waals surface area contributed by atoms with Crippen molar-refractivity contribution in [2.45, 2.75) is 43.4 Å². The summed E-state index contributed by atoms with van der Waals surface area (Å²) in [5, 5.41) is 31.0. The van der Waals surface area contributed by atoms with Gasteiger partial charge in [0, 0.05) is 12.4 Å². The van der Waals surface area contributed by atoms with Crippen molar-refractivity contribution in [3.05, 3.63) is 12.7 Å². The van der Waals surface area contributed by atoms with Crippen molar-refractivity contribution in [1.29, 1.82) is 0 Å². The molecule has 0 bridgehead atoms. The second-order valence-corrected chi connectivity index (χ2v) is 8.41. The minimum absolute atomic E-state index is 0.0660. The Balaban J connectivity index is 1.58. The molecule has 3 heterocycles. The van der Waals surface area contributed by atoms with Gasteiger partial charge in [-0.05, 0) is 6.42 Å². The maximum absolute atomic E-state index is 11.9. The summed E-state index contributed by atoms with van der Waals surface area (Å²) < 4.78 is 28.3. The summed E-state index contributed by atoms with van der Waals surface area (Å²) in [6.07, 6.45) is -2.78. The largest absolute Gasteiger partial charge is 0.756 e. The van der Waals surface area contributed by atoms with Crippen LogP contribution in [0.3, 0.4) is 0 Å². The number of aromatic nitrogens is 4. The minimum Gasteiger partial charge on any atom is -0.756 e. The van der Waals surface area contributed by atoms with Gasteiger partial charge in [0.25, 0.3) is 7.82 Å². The number of imidazole rings is 1. The van der Waals surface area contributed by atoms with Crippen molar-refractivity contribution in [3.8, 4) is 0 Å². The van der Waals surface area contributed by atoms with Crippen molar-refractivity contribution in [1.82, 2.24) is 15.0 Å². The number of aromatic amines is 1. The second kappa shape index (κ2) is 9.50. The minimum atomic E-state index is -4.79. The van der Waals surface area contributed by atoms with E-state index in [1.807, 2.05) is 0 Å². The third-order valence-corrected chi connectivity index (χ3v) is 5.61. The summed E-state index contributed by atoms with van der Waals surface area (Å²) in [5.41, 5.74) is 10.0. The van der Waals surface area contributed by atoms with Crippen LogP contribution in [0.2, 0.25) is 0 Å². The van der Waals surface area contributed by atoms with Crippen LogP contribution in [0.5, 0.6) is 0 Å². The Morgan fingerprint density at radius 2 is 2.16 bits per heavy atom. The molecule has 172 valence electrons. The number of H-pyrrole nitrogens is 1. The van der Waals surface area contributed by atoms with E-state index in [1.54, 1.807) is 0 Å². The van der Waals surface area contributed by atoms with Crippen LogP contribution in [0.25, 0.3) is 11.2 Å². The molecular formula is C15H23N6O9P. The number of ether oxygens (including phenoxy) is 1. The molecule has 1 unspecified atom stereocenters. The summed E-state index contributed by atoms with van der Waals surface area (Å²) in [6.45, 7) is -1.02. The SMILES string of the molecule is Nc1ncnc2c1[nH]c[n+]2[C@@H]1O[C@H](COP(=O)([O-])OC[C@@H]([NH3+])CCC(=O)[O-])[C@@H](O)[C@H]1O. The maximum Gasteiger partial charge on any atom is 0.309 e. The summed E-state index contributed by atoms with van der Waals surface area (Å²) >= 11 is 0. The summed E-state index contributed by atoms with van der Waals surface area (Å²) in [7, 11) is -4.79. The van der Waals surface area contributed by atoms with E-state index in [0.29, 0.717) is 11.2 Å². The predicted molar refractivity (Wildman–Crippen MR) is 94.8 cm³/mol. The summed E-state index contributed by atoms with van der Waals surface area (Å²) in [5.74, 6) is -1.11. The predicted octanol–water partition coefficient (Wildman–Crippen LogP) is -4.91. The van der Waals surface area contributed by atoms with Gasteiger partial charge in [0.1, 0.15) is 31.0 Å². The number of nitrogen functional groups attached to an aromatic ring is 1. The zero-order chi connectivity index (χ0) is 22.8. The lowest BCUT2D eigenvalue weighted by atomic mass is 10.1. The van der Waals surface area contributed by atoms with Crippen LogP contribution < -0.4 is 26.0 Å². The van der Waals surface area contributed by atoms with Gasteiger partial charge in [-0.15, -0.1) is 0 Å². The van der Waals surface area contributed by atoms with Crippen LogP contribution in [0.1, 0.15) is 19.1 Å². The molecule has 2 aromatic rings. The number of carboxylic acid groups (broad SMARTS) is 1. The highest BCUT2D eigenvalue weighted by molar-refractivity contribution is 7.45. The number of rotatable bonds is 10. The first-order chi connectivity index (χ1) is 14.6. The lowest BCUT2D eigenvalue weighted by Crippen LogP contribution is -2.63. The highest BCUT2D eigenvalue weighted by Gasteiger charge is 2.47. The first-order valence-corrected chi connectivity index (χ1v) is 10.7. The molecule has 0 saturated carbocycles. The number of anilines is 1. The fourth-order valence-corrected chi connectivity index (χ4v) is 3.81. The van der Waals surface area contributed by atoms with Crippen molar-refractivity contribution in [2.24, 2.45) is 0 Å². The number of phosphoric ester groups is 1. The standard InChI is InChI=1S/C15H23N6O9P/c16-7(1-2-9(22)23)3-28-31(26,27)29-4-8-11(24)12(25)15(30-8)21-6-20-10-13(17)18-5-19-14(10)21/h5-8,11-12,15,24-25H,1-4,16H2,(H4,17,18,19,22,23,26,27)/t7-,8+,11+,12+,15+/m0/s1. The monoisotopic (exact) mass is 462 g/mol. The number of carbonyl (C=O) groups excluding carboxylic acids is 1. The van der Waals surface area contributed by atoms with E-state index in [4.69, 9.17) is 15.0 Å². The molecule has 6 atom stereocenters. The van der Waals surface area contributed by atoms with Crippen molar-refractivity contribution < 1.29 is 53.7 Å². The molecule has 15 nitrogen and oxygen atoms in total. The number of carbonyl (C=O) groups is 1. The molecule has 0 spiro atoms. The van der Waals surface area contributed by atoms with Gasteiger partial charge >= 0.3 is 5.65 Å². The van der Waals surface area contributed by atoms with Gasteiger partial charge in [0.05, 0.1) is 6.61 Å². The molecular weight excluding hydrogens is 439 g/mol. The van der Waals surface area contributed by atoms with Crippen LogP contribution in [0.4, 0.5) is 5.82 Å². The maximum atomic E-state index is 11.9. The smallest absolute Gasteiger partial charge is 0.309 e. The molecule has 1 aliphatic rings. The van der Waals surface area contributed by atoms with E-state index in [0.717, 1.165) is 0 Å². The number of quaternary nitrogens is 1. The normalized spacial score (nSPS) is 26.7. The number of aliphatic hydroxyl groups excluding tert-OH is 2. The molecule has 2 aromatic heterocycles. The number of nitrogens with two attached hydrogens (primary N) is 1. The first kappa shape index (κ1) is 23.4. The molecule has 3 rings (SSSR count). The molecule has 1 saturated heterocycles. The van der Waals surface area contributed by atoms with Gasteiger partial charge in [0.15, 0.2) is 18.5 Å². The van der Waals surface area contributed by atoms with Crippen LogP contribution in [-0.4, -0.2) is 68.7 Å². The van der Waals surface area contributed by atoms with E-state index in [9.17, 15) is 29.6 Å². The van der Waals surface area contributed by atoms with Crippen molar-refractivity contribution >= 4 is 30.8 Å². The number of hydrogen-bond acceptors (Lipinski definition) is 12. The van der Waals surface area contributed by atoms with Crippen LogP contribution in [-0.2, 0) is 23.1 Å². The molecule has 1 fully saturated rings. The highest BCUT2D eigenvalue weighted by atomic mass is 31.2. The van der Waals surface area contributed by atoms with Crippen LogP contribution >= 0.6 is 7.82 Å². The zero-order valence-electron chi connectivity index (χ0n) is 16.2. The fourth-order valence-electron chi connectivity index (χ4n) is 3.01.